The van der Waals surface area contributed by atoms with Gasteiger partial charge < -0.3 is 15.0 Å². The fourth-order valence-corrected chi connectivity index (χ4v) is 3.68. The van der Waals surface area contributed by atoms with Crippen LogP contribution in [0.15, 0.2) is 67.3 Å². The van der Waals surface area contributed by atoms with Gasteiger partial charge in [0.1, 0.15) is 16.1 Å². The molecule has 12 nitrogen and oxygen atoms in total. The Kier molecular flexibility index (Phi) is 11.9. The fraction of sp³-hybridized carbons (Fsp3) is 0.0625. The summed E-state index contributed by atoms with van der Waals surface area (Å²) >= 11 is 0. The molecule has 169 valence electrons. The van der Waals surface area contributed by atoms with E-state index in [0.717, 1.165) is 4.68 Å². The van der Waals surface area contributed by atoms with Gasteiger partial charge in [-0.05, 0) is 24.3 Å². The number of hydrogen-bond acceptors (Lipinski definition) is 9. The normalized spacial score (nSPS) is 11.4. The minimum absolute atomic E-state index is 0. The minimum Gasteiger partial charge on any atom is -0.504 e. The molecule has 0 aliphatic heterocycles. The molecule has 0 saturated carbocycles. The maximum Gasteiger partial charge on any atom is 1.00 e. The molecule has 0 bridgehead atoms. The number of phenols is 1. The number of para-hydroxylation sites is 1. The van der Waals surface area contributed by atoms with E-state index in [1.165, 1.54) is 6.92 Å². The zero-order valence-electron chi connectivity index (χ0n) is 17.3. The van der Waals surface area contributed by atoms with Gasteiger partial charge in [-0.1, -0.05) is 30.8 Å². The average Bonchev–Trinajstić information content (AvgIpc) is 2.93. The predicted molar refractivity (Wildman–Crippen MR) is 102 cm³/mol. The van der Waals surface area contributed by atoms with Crippen molar-refractivity contribution in [3.8, 4) is 11.4 Å². The third kappa shape index (κ3) is 7.34. The molecule has 1 radical (unpaired) electrons. The number of hydrogen-bond donors (Lipinski definition) is 3. The molecule has 1 heterocycles. The van der Waals surface area contributed by atoms with Crippen LogP contribution < -0.4 is 64.7 Å². The van der Waals surface area contributed by atoms with Crippen molar-refractivity contribution in [2.75, 3.05) is 0 Å². The van der Waals surface area contributed by atoms with E-state index in [1.807, 2.05) is 0 Å². The van der Waals surface area contributed by atoms with Crippen LogP contribution in [0.3, 0.4) is 0 Å². The van der Waals surface area contributed by atoms with Crippen molar-refractivity contribution in [2.45, 2.75) is 16.7 Å². The van der Waals surface area contributed by atoms with Crippen LogP contribution in [0.2, 0.25) is 0 Å². The maximum absolute atomic E-state index is 12.6. The van der Waals surface area contributed by atoms with Crippen LogP contribution in [0.1, 0.15) is 5.69 Å². The van der Waals surface area contributed by atoms with Gasteiger partial charge in [-0.15, -0.1) is 5.69 Å². The molecule has 0 saturated heterocycles. The first-order valence-corrected chi connectivity index (χ1v) is 10.8. The molecular formula is C16H13CuN4Na2O8S2+. The number of azo groups is 1. The van der Waals surface area contributed by atoms with Gasteiger partial charge in [-0.2, -0.15) is 21.9 Å². The van der Waals surface area contributed by atoms with E-state index >= 15 is 0 Å². The molecule has 0 aliphatic rings. The van der Waals surface area contributed by atoms with Gasteiger partial charge in [0, 0.05) is 17.1 Å². The zero-order chi connectivity index (χ0) is 22.3. The summed E-state index contributed by atoms with van der Waals surface area (Å²) in [5.74, 6) is -1.13. The summed E-state index contributed by atoms with van der Waals surface area (Å²) in [4.78, 5) is 10.4. The third-order valence-electron chi connectivity index (χ3n) is 3.85. The van der Waals surface area contributed by atoms with Crippen molar-refractivity contribution < 1.29 is 107 Å². The molecule has 2 aromatic carbocycles. The number of aromatic hydroxyl groups is 1. The quantitative estimate of drug-likeness (QED) is 0.120. The number of rotatable bonds is 5. The molecule has 0 spiro atoms. The van der Waals surface area contributed by atoms with Gasteiger partial charge in [-0.25, -0.2) is 9.78 Å². The second-order valence-corrected chi connectivity index (χ2v) is 8.74. The molecule has 17 heteroatoms. The Labute approximate surface area is 243 Å². The summed E-state index contributed by atoms with van der Waals surface area (Å²) in [5.41, 5.74) is -1.08. The first-order valence-electron chi connectivity index (χ1n) is 7.95. The summed E-state index contributed by atoms with van der Waals surface area (Å²) < 4.78 is 65.0. The van der Waals surface area contributed by atoms with Crippen LogP contribution in [-0.4, -0.2) is 40.8 Å². The van der Waals surface area contributed by atoms with E-state index in [4.69, 9.17) is 0 Å². The summed E-state index contributed by atoms with van der Waals surface area (Å²) in [6.45, 7) is 1.45. The summed E-state index contributed by atoms with van der Waals surface area (Å²) in [7, 11) is -10.00. The summed E-state index contributed by atoms with van der Waals surface area (Å²) in [5, 5.41) is 21.3. The van der Waals surface area contributed by atoms with Crippen molar-refractivity contribution in [3.05, 3.63) is 58.5 Å². The second kappa shape index (κ2) is 12.2. The largest absolute Gasteiger partial charge is 1.00 e. The standard InChI is InChI=1S/C16H13N4O8S2.Cu.2Na/c1-9-14(16(22)20(19-9)10-5-3-2-4-6-10)18-17-12-7-11(29(23,24)25)8-13(15(12)21)30(26,27)28;;;/h2-8,21H,1H3,(H,23,24,25)(H,26,27,28);;;/q-1;;2*+1. The molecular weight excluding hydrogens is 550 g/mol. The van der Waals surface area contributed by atoms with Crippen molar-refractivity contribution >= 4 is 31.6 Å². The van der Waals surface area contributed by atoms with Gasteiger partial charge in [0.2, 0.25) is 0 Å². The molecule has 1 aromatic heterocycles. The number of nitrogens with zero attached hydrogens (tertiary/aromatic N) is 4. The monoisotopic (exact) mass is 562 g/mol. The van der Waals surface area contributed by atoms with E-state index in [2.05, 4.69) is 15.3 Å². The molecule has 3 rings (SSSR count). The van der Waals surface area contributed by atoms with Gasteiger partial charge >= 0.3 is 59.1 Å². The van der Waals surface area contributed by atoms with Crippen molar-refractivity contribution in [3.63, 3.8) is 0 Å². The first kappa shape index (κ1) is 32.2. The SMILES string of the molecule is Cc1nn(-c2ccccc2)c(=O)[c-]1N=Nc1cc(S(=O)(=O)O)cc(S(=O)(=O)O)c1O.[Cu].[Na+].[Na+]. The Hall–Kier alpha value is -0.811. The molecule has 0 atom stereocenters. The summed E-state index contributed by atoms with van der Waals surface area (Å²) in [6.07, 6.45) is 0. The third-order valence-corrected chi connectivity index (χ3v) is 5.55. The van der Waals surface area contributed by atoms with Gasteiger partial charge in [0.15, 0.2) is 5.75 Å². The van der Waals surface area contributed by atoms with Gasteiger partial charge in [0.25, 0.3) is 20.2 Å². The van der Waals surface area contributed by atoms with Crippen LogP contribution in [-0.2, 0) is 37.3 Å². The minimum atomic E-state index is -5.08. The Balaban J connectivity index is 0.00000341. The Morgan fingerprint density at radius 1 is 1.00 bits per heavy atom. The van der Waals surface area contributed by atoms with Crippen molar-refractivity contribution in [1.82, 2.24) is 9.78 Å². The molecule has 3 aromatic rings. The predicted octanol–water partition coefficient (Wildman–Crippen LogP) is -4.12. The van der Waals surface area contributed by atoms with Crippen LogP contribution in [0.4, 0.5) is 11.4 Å². The van der Waals surface area contributed by atoms with Gasteiger partial charge in [-0.3, -0.25) is 9.11 Å². The Morgan fingerprint density at radius 2 is 1.58 bits per heavy atom. The summed E-state index contributed by atoms with van der Waals surface area (Å²) in [6, 6.07) is 9.30. The van der Waals surface area contributed by atoms with Crippen LogP contribution in [0.25, 0.3) is 5.69 Å². The van der Waals surface area contributed by atoms with Crippen LogP contribution in [0.5, 0.6) is 5.75 Å². The van der Waals surface area contributed by atoms with Crippen molar-refractivity contribution in [2.24, 2.45) is 10.2 Å². The Morgan fingerprint density at radius 3 is 2.09 bits per heavy atom. The van der Waals surface area contributed by atoms with Crippen molar-refractivity contribution in [1.29, 1.82) is 0 Å². The smallest absolute Gasteiger partial charge is 0.504 e. The van der Waals surface area contributed by atoms with E-state index in [0.29, 0.717) is 17.8 Å². The molecule has 3 N–H and O–H groups in total. The number of aromatic nitrogens is 2. The van der Waals surface area contributed by atoms with E-state index in [9.17, 15) is 35.8 Å². The topological polar surface area (TPSA) is 189 Å². The number of phenolic OH excluding ortho intramolecular Hbond substituents is 1. The number of aryl methyl sites for hydroxylation is 1. The maximum atomic E-state index is 12.6. The van der Waals surface area contributed by atoms with E-state index < -0.39 is 47.0 Å². The molecule has 33 heavy (non-hydrogen) atoms. The average molecular weight is 563 g/mol. The van der Waals surface area contributed by atoms with Gasteiger partial charge in [0.05, 0.1) is 10.6 Å². The second-order valence-electron chi connectivity index (χ2n) is 5.93. The number of benzene rings is 2. The molecule has 0 fully saturated rings. The first-order chi connectivity index (χ1) is 13.9. The Bertz CT molecular complexity index is 1440. The molecule has 0 unspecified atom stereocenters. The van der Waals surface area contributed by atoms with E-state index in [1.54, 1.807) is 30.3 Å². The zero-order valence-corrected chi connectivity index (χ0v) is 23.9. The molecule has 0 amide bonds. The fourth-order valence-electron chi connectivity index (χ4n) is 2.45. The van der Waals surface area contributed by atoms with E-state index in [-0.39, 0.29) is 87.6 Å². The van der Waals surface area contributed by atoms with Crippen LogP contribution in [0, 0.1) is 6.92 Å². The van der Waals surface area contributed by atoms with Crippen LogP contribution >= 0.6 is 0 Å². The molecule has 0 aliphatic carbocycles.